The fraction of sp³-hybridized carbons (Fsp3) is 0.370. The lowest BCUT2D eigenvalue weighted by molar-refractivity contribution is -0.689. The highest BCUT2D eigenvalue weighted by atomic mass is 32.2. The van der Waals surface area contributed by atoms with Gasteiger partial charge in [0.1, 0.15) is 35.5 Å². The summed E-state index contributed by atoms with van der Waals surface area (Å²) in [6.07, 6.45) is 7.02. The largest absolute Gasteiger partial charge is 0.478 e. The summed E-state index contributed by atoms with van der Waals surface area (Å²) in [5.41, 5.74) is 15.3. The fourth-order valence-electron chi connectivity index (χ4n) is 4.24. The summed E-state index contributed by atoms with van der Waals surface area (Å²) < 4.78 is 1.63. The van der Waals surface area contributed by atoms with Gasteiger partial charge in [-0.15, -0.1) is 23.1 Å². The van der Waals surface area contributed by atoms with Crippen LogP contribution in [0, 0.1) is 0 Å². The van der Waals surface area contributed by atoms with E-state index in [1.807, 2.05) is 0 Å². The van der Waals surface area contributed by atoms with Gasteiger partial charge in [0.05, 0.1) is 0 Å². The number of hydrogen-bond donors (Lipinski definition) is 7. The quantitative estimate of drug-likeness (QED) is 0.0556. The molecule has 3 amide bonds. The van der Waals surface area contributed by atoms with Crippen LogP contribution in [0.5, 0.6) is 0 Å². The molecule has 20 heteroatoms. The highest BCUT2D eigenvalue weighted by Crippen LogP contribution is 2.40. The zero-order chi connectivity index (χ0) is 34.5. The number of amides is 3. The average Bonchev–Trinajstić information content (AvgIpc) is 3.45. The van der Waals surface area contributed by atoms with Crippen LogP contribution in [0.1, 0.15) is 32.4 Å². The molecule has 2 aliphatic rings. The molecule has 2 aromatic rings. The number of fused-ring (bicyclic) bond motifs is 1. The maximum atomic E-state index is 13.3. The summed E-state index contributed by atoms with van der Waals surface area (Å²) in [6, 6.07) is -1.11. The number of carbonyl (C=O) groups excluding carboxylic acids is 3. The predicted octanol–water partition coefficient (Wildman–Crippen LogP) is -0.754. The first-order chi connectivity index (χ1) is 22.2. The van der Waals surface area contributed by atoms with Gasteiger partial charge in [-0.2, -0.15) is 0 Å². The van der Waals surface area contributed by atoms with E-state index >= 15 is 0 Å². The Morgan fingerprint density at radius 3 is 2.66 bits per heavy atom. The van der Waals surface area contributed by atoms with Crippen molar-refractivity contribution in [2.75, 3.05) is 29.1 Å². The van der Waals surface area contributed by atoms with Gasteiger partial charge in [0.2, 0.25) is 11.5 Å². The molecule has 47 heavy (non-hydrogen) atoms. The Hall–Kier alpha value is -5.08. The minimum atomic E-state index is -1.79. The molecule has 2 atom stereocenters. The molecule has 0 spiro atoms. The maximum absolute atomic E-state index is 13.3. The first kappa shape index (κ1) is 34.8. The summed E-state index contributed by atoms with van der Waals surface area (Å²) in [5, 5.41) is 29.1. The van der Waals surface area contributed by atoms with Crippen molar-refractivity contribution in [3.05, 3.63) is 47.0 Å². The fourth-order valence-corrected chi connectivity index (χ4v) is 6.11. The number of thiazole rings is 1. The highest BCUT2D eigenvalue weighted by Gasteiger charge is 2.54. The molecular weight excluding hydrogens is 656 g/mol. The lowest BCUT2D eigenvalue weighted by Crippen LogP contribution is -2.71. The number of carbonyl (C=O) groups is 5. The number of nitrogens with two attached hydrogens (primary N) is 3. The lowest BCUT2D eigenvalue weighted by atomic mass is 10.0. The Labute approximate surface area is 275 Å². The van der Waals surface area contributed by atoms with Crippen LogP contribution in [-0.4, -0.2) is 89.8 Å². The number of aliphatic carboxylic acids is 2. The second-order valence-corrected chi connectivity index (χ2v) is 12.7. The van der Waals surface area contributed by atoms with Gasteiger partial charge >= 0.3 is 11.9 Å². The van der Waals surface area contributed by atoms with E-state index in [-0.39, 0.29) is 47.0 Å². The lowest BCUT2D eigenvalue weighted by Gasteiger charge is -2.49. The zero-order valence-electron chi connectivity index (χ0n) is 25.2. The molecule has 4 rings (SSSR count). The third-order valence-electron chi connectivity index (χ3n) is 6.78. The van der Waals surface area contributed by atoms with Crippen LogP contribution in [-0.2, 0) is 35.4 Å². The van der Waals surface area contributed by atoms with Gasteiger partial charge in [-0.1, -0.05) is 11.2 Å². The average molecular weight is 690 g/mol. The van der Waals surface area contributed by atoms with E-state index in [0.717, 1.165) is 16.2 Å². The first-order valence-corrected chi connectivity index (χ1v) is 15.9. The van der Waals surface area contributed by atoms with E-state index < -0.39 is 46.5 Å². The van der Waals surface area contributed by atoms with Crippen molar-refractivity contribution in [1.82, 2.24) is 20.2 Å². The molecule has 1 fully saturated rings. The van der Waals surface area contributed by atoms with E-state index in [1.165, 1.54) is 37.3 Å². The smallest absolute Gasteiger partial charge is 0.352 e. The van der Waals surface area contributed by atoms with E-state index in [0.29, 0.717) is 24.2 Å². The number of anilines is 3. The van der Waals surface area contributed by atoms with Gasteiger partial charge in [0.25, 0.3) is 24.0 Å². The number of β-lactam (4-membered cyclic amide) rings is 1. The minimum absolute atomic E-state index is 0.0000669. The third-order valence-corrected chi connectivity index (χ3v) is 8.76. The van der Waals surface area contributed by atoms with Crippen molar-refractivity contribution in [2.45, 2.75) is 50.3 Å². The van der Waals surface area contributed by atoms with Gasteiger partial charge < -0.3 is 42.9 Å². The molecule has 0 aliphatic carbocycles. The number of oxime groups is 1. The Kier molecular flexibility index (Phi) is 10.8. The Morgan fingerprint density at radius 1 is 1.28 bits per heavy atom. The number of nitrogens with zero attached hydrogens (tertiary/aromatic N) is 5. The highest BCUT2D eigenvalue weighted by molar-refractivity contribution is 8.00. The normalized spacial score (nSPS) is 18.1. The predicted molar refractivity (Wildman–Crippen MR) is 170 cm³/mol. The van der Waals surface area contributed by atoms with Gasteiger partial charge in [0, 0.05) is 17.6 Å². The molecule has 0 bridgehead atoms. The van der Waals surface area contributed by atoms with Gasteiger partial charge in [-0.25, -0.2) is 19.1 Å². The first-order valence-electron chi connectivity index (χ1n) is 14.0. The zero-order valence-corrected chi connectivity index (χ0v) is 26.8. The minimum Gasteiger partial charge on any atom is -0.478 e. The molecule has 0 aromatic carbocycles. The summed E-state index contributed by atoms with van der Waals surface area (Å²) in [6.45, 7) is 3.07. The second kappa shape index (κ2) is 14.6. The van der Waals surface area contributed by atoms with E-state index in [9.17, 15) is 34.2 Å². The monoisotopic (exact) mass is 689 g/mol. The van der Waals surface area contributed by atoms with E-state index in [4.69, 9.17) is 22.0 Å². The van der Waals surface area contributed by atoms with Crippen LogP contribution in [0.25, 0.3) is 0 Å². The number of nitrogen functional groups attached to an aromatic ring is 2. The van der Waals surface area contributed by atoms with E-state index in [2.05, 4.69) is 25.8 Å². The second-order valence-electron chi connectivity index (χ2n) is 10.7. The van der Waals surface area contributed by atoms with Crippen LogP contribution in [0.3, 0.4) is 0 Å². The van der Waals surface area contributed by atoms with Crippen LogP contribution in [0.4, 0.5) is 16.6 Å². The maximum Gasteiger partial charge on any atom is 0.352 e. The van der Waals surface area contributed by atoms with Crippen LogP contribution in [0.15, 0.2) is 46.5 Å². The number of allylic oxidation sites excluding steroid dienone is 2. The number of aromatic nitrogens is 3. The molecule has 18 nitrogen and oxygen atoms in total. The molecular formula is C27H33N10O8S2+. The van der Waals surface area contributed by atoms with E-state index in [1.54, 1.807) is 22.9 Å². The SMILES string of the molecule is CC(C)(O/N=C(\C(=O)N[C@@H]1C(=O)N2C(C(=O)O)=C(/C=C/C[n+]3cnc(N)c(NC(=O)CCCN)c3)CS[C@H]12)c1csc(N)n1)C(=O)O. The molecule has 2 aromatic heterocycles. The van der Waals surface area contributed by atoms with Crippen molar-refractivity contribution in [3.63, 3.8) is 0 Å². The number of nitrogens with one attached hydrogen (secondary N) is 2. The molecule has 2 aliphatic heterocycles. The van der Waals surface area contributed by atoms with Gasteiger partial charge in [0.15, 0.2) is 16.5 Å². The Morgan fingerprint density at radius 2 is 2.02 bits per heavy atom. The summed E-state index contributed by atoms with van der Waals surface area (Å²) in [5.74, 6) is -4.17. The molecule has 0 saturated carbocycles. The standard InChI is InChI=1S/C27H32N10O8S2/c1-27(2,25(43)44)45-35-17(15-11-47-26(30)33-15)21(39)34-18-22(40)37-19(24(41)42)13(10-46-23(18)37)5-4-8-36-9-14(20(29)31-12-36)32-16(38)6-3-7-28/h4-5,9,11-12,18,23,29H,3,6-8,10,28H2,1-2H3,(H6,30,32,33,34,38,39,41,42,43,44)/p+1/b5-4+,35-17-/t18-,23-/m1/s1. The summed E-state index contributed by atoms with van der Waals surface area (Å²) in [7, 11) is 0. The topological polar surface area (TPSA) is 282 Å². The number of hydrogen-bond acceptors (Lipinski definition) is 14. The summed E-state index contributed by atoms with van der Waals surface area (Å²) in [4.78, 5) is 76.6. The van der Waals surface area contributed by atoms with Crippen LogP contribution < -0.4 is 32.4 Å². The number of rotatable bonds is 14. The van der Waals surface area contributed by atoms with Crippen LogP contribution in [0.2, 0.25) is 0 Å². The molecule has 10 N–H and O–H groups in total. The molecule has 4 heterocycles. The Bertz CT molecular complexity index is 1690. The van der Waals surface area contributed by atoms with Crippen molar-refractivity contribution in [3.8, 4) is 0 Å². The van der Waals surface area contributed by atoms with Crippen molar-refractivity contribution < 1.29 is 43.6 Å². The third kappa shape index (κ3) is 8.02. The van der Waals surface area contributed by atoms with Crippen molar-refractivity contribution in [2.24, 2.45) is 10.9 Å². The van der Waals surface area contributed by atoms with Crippen molar-refractivity contribution >= 4 is 75.1 Å². The number of carboxylic acids is 2. The van der Waals surface area contributed by atoms with Crippen molar-refractivity contribution in [1.29, 1.82) is 0 Å². The Balaban J connectivity index is 1.48. The molecule has 1 saturated heterocycles. The summed E-state index contributed by atoms with van der Waals surface area (Å²) >= 11 is 2.24. The van der Waals surface area contributed by atoms with Crippen LogP contribution >= 0.6 is 23.1 Å². The van der Waals surface area contributed by atoms with Gasteiger partial charge in [-0.3, -0.25) is 19.3 Å². The molecule has 0 unspecified atom stereocenters. The number of thioether (sulfide) groups is 1. The van der Waals surface area contributed by atoms with Gasteiger partial charge in [-0.05, 0) is 43.4 Å². The number of carboxylic acid groups (broad SMARTS) is 2. The molecule has 250 valence electrons. The molecule has 0 radical (unpaired) electrons.